The molecule has 10 rings (SSSR count). The first-order chi connectivity index (χ1) is 52.3. The summed E-state index contributed by atoms with van der Waals surface area (Å²) in [7, 11) is 1.47. The number of ketones is 1. The molecule has 0 radical (unpaired) electrons. The van der Waals surface area contributed by atoms with E-state index in [1.54, 1.807) is 46.4 Å². The number of nitrogens with zero attached hydrogens (tertiary/aromatic N) is 7. The molecule has 109 heavy (non-hydrogen) atoms. The highest BCUT2D eigenvalue weighted by Crippen LogP contribution is 2.61. The number of carbonyl (C=O) groups is 5. The number of aromatic nitrogens is 3. The first-order valence-corrected chi connectivity index (χ1v) is 41.2. The van der Waals surface area contributed by atoms with Crippen LogP contribution >= 0.6 is 58.6 Å². The summed E-state index contributed by atoms with van der Waals surface area (Å²) < 4.78 is 29.9. The number of methoxy groups -OCH3 is 1. The largest absolute Gasteiger partial charge is 0.507 e. The summed E-state index contributed by atoms with van der Waals surface area (Å²) >= 11 is 11.3. The SMILES string of the molecule is CCCCC(CC)C(=O)Oc1ccc(OC(=O)C(CC)CCCC)c2c1SC(=C(C#N)C#N)S2.CCCCOc1ccc(OCCCC)c2c1SC(=C1C(=O)N(CCCC)N(CCCC)C1=O)S2.COc1ccc(C(=O)c2ccc(C)cc2O)c(O)c1.Cc1cc(-n2nc3ccc(Cl)cc3n2)c(O)c(C(C)(C)C)c1. The lowest BCUT2D eigenvalue weighted by atomic mass is 9.85. The summed E-state index contributed by atoms with van der Waals surface area (Å²) in [6, 6.07) is 29.4. The van der Waals surface area contributed by atoms with Crippen LogP contribution < -0.4 is 23.7 Å². The molecule has 6 aromatic carbocycles. The van der Waals surface area contributed by atoms with Gasteiger partial charge in [0.25, 0.3) is 11.8 Å². The Labute approximate surface area is 663 Å². The molecule has 0 aliphatic carbocycles. The molecule has 1 aromatic heterocycles. The van der Waals surface area contributed by atoms with Crippen LogP contribution in [0.1, 0.15) is 212 Å². The highest BCUT2D eigenvalue weighted by molar-refractivity contribution is 8.25. The summed E-state index contributed by atoms with van der Waals surface area (Å²) in [5.74, 6) is 0.929. The minimum atomic E-state index is -0.433. The molecular formula is C84H102ClN7O13S4. The predicted molar refractivity (Wildman–Crippen MR) is 433 cm³/mol. The van der Waals surface area contributed by atoms with Gasteiger partial charge in [-0.1, -0.05) is 198 Å². The third-order valence-corrected chi connectivity index (χ3v) is 23.5. The summed E-state index contributed by atoms with van der Waals surface area (Å²) in [4.78, 5) is 69.3. The second-order valence-electron chi connectivity index (χ2n) is 27.5. The van der Waals surface area contributed by atoms with Crippen LogP contribution in [0.5, 0.6) is 46.0 Å². The third kappa shape index (κ3) is 22.9. The van der Waals surface area contributed by atoms with Gasteiger partial charge in [0, 0.05) is 29.7 Å². The minimum absolute atomic E-state index is 0.0236. The van der Waals surface area contributed by atoms with Crippen LogP contribution in [0, 0.1) is 48.3 Å². The van der Waals surface area contributed by atoms with Crippen molar-refractivity contribution in [2.24, 2.45) is 11.8 Å². The van der Waals surface area contributed by atoms with Crippen molar-refractivity contribution in [1.29, 1.82) is 10.5 Å². The molecule has 25 heteroatoms. The number of halogens is 1. The van der Waals surface area contributed by atoms with Crippen molar-refractivity contribution >= 4 is 99.2 Å². The van der Waals surface area contributed by atoms with Crippen molar-refractivity contribution in [3.05, 3.63) is 143 Å². The number of phenols is 3. The van der Waals surface area contributed by atoms with Crippen LogP contribution in [0.4, 0.5) is 0 Å². The number of esters is 2. The Morgan fingerprint density at radius 1 is 0.560 bits per heavy atom. The Balaban J connectivity index is 0.000000208. The fraction of sp³-hybridized carbons (Fsp3) is 0.440. The van der Waals surface area contributed by atoms with Crippen molar-refractivity contribution < 1.29 is 63.0 Å². The van der Waals surface area contributed by atoms with E-state index in [0.717, 1.165) is 138 Å². The number of phenolic OH excluding ortho intramolecular Hbond substituents is 3. The predicted octanol–water partition coefficient (Wildman–Crippen LogP) is 21.1. The fourth-order valence-corrected chi connectivity index (χ4v) is 16.9. The summed E-state index contributed by atoms with van der Waals surface area (Å²) in [6.07, 6.45) is 14.5. The number of amides is 2. The molecule has 3 aliphatic heterocycles. The Morgan fingerprint density at radius 2 is 1.03 bits per heavy atom. The number of benzene rings is 6. The number of hydrazine groups is 1. The van der Waals surface area contributed by atoms with E-state index in [4.69, 9.17) is 35.3 Å². The lowest BCUT2D eigenvalue weighted by Gasteiger charge is -2.27. The van der Waals surface area contributed by atoms with Crippen molar-refractivity contribution in [3.63, 3.8) is 0 Å². The summed E-state index contributed by atoms with van der Waals surface area (Å²) in [5, 5.41) is 61.7. The number of hydrogen-bond donors (Lipinski definition) is 3. The van der Waals surface area contributed by atoms with Gasteiger partial charge in [-0.05, 0) is 155 Å². The maximum Gasteiger partial charge on any atom is 0.314 e. The topological polar surface area (TPSA) is 277 Å². The standard InChI is InChI=1S/C26H38N2O4S2.C26H32N2O4S2.C17H18ClN3O.C15H14O4/c1-5-9-15-27-24(29)21(25(30)28(27)16-10-6-2)26-33-22-19(31-17-11-7-3)13-14-20(23(22)34-26)32-18-12-8-4;1-5-9-11-17(7-3)24(29)31-20-13-14-21(32-25(30)18(8-4)12-10-6-2)23-22(20)33-26(34-23)19(15-27)16-28;1-10-7-12(17(2,3)4)16(22)15(8-10)21-19-13-6-5-11(18)9-14(13)20-21;1-9-3-5-11(13(16)7-9)15(18)12-6-4-10(19-2)8-14(12)17/h13-14H,5-12,15-18H2,1-4H3;13-14,17-18H,5-12H2,1-4H3;5-9,22H,1-4H3;3-8,16-17H,1-2H3. The Kier molecular flexibility index (Phi) is 34.0. The number of aromatic hydroxyl groups is 3. The maximum absolute atomic E-state index is 13.4. The van der Waals surface area contributed by atoms with E-state index in [2.05, 4.69) is 72.5 Å². The molecule has 3 N–H and O–H groups in total. The third-order valence-electron chi connectivity index (χ3n) is 18.0. The molecule has 0 saturated carbocycles. The monoisotopic (exact) mass is 1580 g/mol. The fourth-order valence-electron chi connectivity index (χ4n) is 11.6. The van der Waals surface area contributed by atoms with E-state index < -0.39 is 5.78 Å². The molecule has 4 heterocycles. The number of ether oxygens (including phenoxy) is 5. The molecule has 3 aliphatic rings. The van der Waals surface area contributed by atoms with Crippen molar-refractivity contribution in [3.8, 4) is 63.8 Å². The van der Waals surface area contributed by atoms with Crippen molar-refractivity contribution in [2.75, 3.05) is 33.4 Å². The summed E-state index contributed by atoms with van der Waals surface area (Å²) in [6.45, 7) is 29.0. The average molecular weight is 1580 g/mol. The number of allylic oxidation sites excluding steroid dienone is 1. The number of rotatable bonds is 30. The highest BCUT2D eigenvalue weighted by atomic mass is 35.5. The van der Waals surface area contributed by atoms with Crippen molar-refractivity contribution in [2.45, 2.75) is 218 Å². The number of hydrogen-bond acceptors (Lipinski definition) is 21. The molecule has 2 amide bonds. The molecule has 7 aromatic rings. The lowest BCUT2D eigenvalue weighted by molar-refractivity contribution is -0.147. The molecule has 2 atom stereocenters. The molecule has 1 saturated heterocycles. The quantitative estimate of drug-likeness (QED) is 0.00717. The van der Waals surface area contributed by atoms with Gasteiger partial charge in [-0.15, -0.1) is 15.0 Å². The molecule has 582 valence electrons. The van der Waals surface area contributed by atoms with Crippen LogP contribution in [-0.4, -0.2) is 103 Å². The van der Waals surface area contributed by atoms with E-state index >= 15 is 0 Å². The first kappa shape index (κ1) is 87.4. The van der Waals surface area contributed by atoms with E-state index in [1.165, 1.54) is 83.2 Å². The van der Waals surface area contributed by atoms with E-state index in [0.29, 0.717) is 86.6 Å². The highest BCUT2D eigenvalue weighted by Gasteiger charge is 2.45. The van der Waals surface area contributed by atoms with Crippen LogP contribution in [0.2, 0.25) is 5.02 Å². The molecule has 1 fully saturated rings. The van der Waals surface area contributed by atoms with Crippen LogP contribution in [0.25, 0.3) is 16.7 Å². The van der Waals surface area contributed by atoms with Gasteiger partial charge < -0.3 is 39.0 Å². The smallest absolute Gasteiger partial charge is 0.314 e. The molecule has 2 unspecified atom stereocenters. The molecule has 0 bridgehead atoms. The second-order valence-corrected chi connectivity index (χ2v) is 32.5. The minimum Gasteiger partial charge on any atom is -0.507 e. The molecule has 0 spiro atoms. The first-order valence-electron chi connectivity index (χ1n) is 37.5. The van der Waals surface area contributed by atoms with Gasteiger partial charge in [0.2, 0.25) is 0 Å². The lowest BCUT2D eigenvalue weighted by Crippen LogP contribution is -2.42. The van der Waals surface area contributed by atoms with Gasteiger partial charge in [0.05, 0.1) is 71.3 Å². The molecular weight excluding hydrogens is 1480 g/mol. The zero-order chi connectivity index (χ0) is 79.6. The molecule has 20 nitrogen and oxygen atoms in total. The van der Waals surface area contributed by atoms with Gasteiger partial charge in [0.1, 0.15) is 86.0 Å². The summed E-state index contributed by atoms with van der Waals surface area (Å²) in [5.41, 5.74) is 5.19. The number of nitriles is 2. The van der Waals surface area contributed by atoms with Crippen molar-refractivity contribution in [1.82, 2.24) is 25.0 Å². The van der Waals surface area contributed by atoms with Gasteiger partial charge in [0.15, 0.2) is 5.78 Å². The normalized spacial score (nSPS) is 13.4. The Bertz CT molecular complexity index is 4390. The number of aryl methyl sites for hydroxylation is 2. The van der Waals surface area contributed by atoms with E-state index in [9.17, 15) is 49.8 Å². The maximum atomic E-state index is 13.4. The number of unbranched alkanes of at least 4 members (excludes halogenated alkanes) is 6. The van der Waals surface area contributed by atoms with E-state index in [1.807, 2.05) is 70.2 Å². The van der Waals surface area contributed by atoms with Crippen LogP contribution in [-0.2, 0) is 24.6 Å². The van der Waals surface area contributed by atoms with Gasteiger partial charge in [-0.25, -0.2) is 10.0 Å². The Morgan fingerprint density at radius 3 is 1.48 bits per heavy atom. The van der Waals surface area contributed by atoms with Gasteiger partial charge in [-0.3, -0.25) is 24.0 Å². The average Bonchev–Trinajstić information content (AvgIpc) is 1.61. The van der Waals surface area contributed by atoms with Gasteiger partial charge in [-0.2, -0.15) is 10.5 Å². The Hall–Kier alpha value is -8.78. The van der Waals surface area contributed by atoms with E-state index in [-0.39, 0.29) is 80.5 Å². The van der Waals surface area contributed by atoms with Crippen LogP contribution in [0.3, 0.4) is 0 Å². The second kappa shape index (κ2) is 42.4. The van der Waals surface area contributed by atoms with Crippen LogP contribution in [0.15, 0.2) is 130 Å². The zero-order valence-corrected chi connectivity index (χ0v) is 69.0. The number of thioether (sulfide) groups is 4. The van der Waals surface area contributed by atoms with Gasteiger partial charge >= 0.3 is 11.9 Å². The zero-order valence-electron chi connectivity index (χ0n) is 65.0. The number of fused-ring (bicyclic) bond motifs is 3. The number of carbonyl (C=O) groups excluding carboxylic acids is 5.